The molecule has 2 aliphatic rings. The van der Waals surface area contributed by atoms with Gasteiger partial charge in [0.25, 0.3) is 0 Å². The van der Waals surface area contributed by atoms with Crippen molar-refractivity contribution >= 4 is 6.09 Å². The molecule has 0 atom stereocenters. The minimum absolute atomic E-state index is 0.164. The molecule has 0 N–H and O–H groups in total. The van der Waals surface area contributed by atoms with E-state index in [-0.39, 0.29) is 11.7 Å². The van der Waals surface area contributed by atoms with Crippen LogP contribution in [0.4, 0.5) is 4.79 Å². The van der Waals surface area contributed by atoms with E-state index in [0.717, 1.165) is 25.9 Å². The lowest BCUT2D eigenvalue weighted by molar-refractivity contribution is -0.0303. The Hall–Kier alpha value is -0.990. The van der Waals surface area contributed by atoms with Gasteiger partial charge in [-0.25, -0.2) is 4.79 Å². The van der Waals surface area contributed by atoms with Gasteiger partial charge in [-0.3, -0.25) is 0 Å². The summed E-state index contributed by atoms with van der Waals surface area (Å²) in [5, 5.41) is 0. The second-order valence-corrected chi connectivity index (χ2v) is 6.27. The molecule has 0 radical (unpaired) electrons. The third-order valence-corrected chi connectivity index (χ3v) is 3.24. The molecule has 1 spiro atoms. The number of allylic oxidation sites excluding steroid dienone is 2. The van der Waals surface area contributed by atoms with Gasteiger partial charge in [0.1, 0.15) is 5.60 Å². The summed E-state index contributed by atoms with van der Waals surface area (Å²) in [6, 6.07) is 0. The average molecular weight is 223 g/mol. The third-order valence-electron chi connectivity index (χ3n) is 3.24. The van der Waals surface area contributed by atoms with Gasteiger partial charge in [-0.2, -0.15) is 0 Å². The lowest BCUT2D eigenvalue weighted by atomic mass is 9.77. The molecule has 2 rings (SSSR count). The zero-order chi connectivity index (χ0) is 12.0. The molecule has 1 heterocycles. The highest BCUT2D eigenvalue weighted by Crippen LogP contribution is 2.45. The number of ether oxygens (including phenoxy) is 1. The molecule has 1 saturated heterocycles. The van der Waals surface area contributed by atoms with Crippen molar-refractivity contribution in [3.8, 4) is 0 Å². The number of hydrogen-bond donors (Lipinski definition) is 0. The van der Waals surface area contributed by atoms with Crippen molar-refractivity contribution in [2.45, 2.75) is 46.1 Å². The SMILES string of the molecule is CC1=CCC2(C1)CN(C(=O)OC(C)(C)C)C2. The highest BCUT2D eigenvalue weighted by Gasteiger charge is 2.47. The van der Waals surface area contributed by atoms with Crippen LogP contribution in [0.15, 0.2) is 11.6 Å². The quantitative estimate of drug-likeness (QED) is 0.591. The van der Waals surface area contributed by atoms with Crippen molar-refractivity contribution in [1.29, 1.82) is 0 Å². The first-order valence-corrected chi connectivity index (χ1v) is 5.93. The van der Waals surface area contributed by atoms with Gasteiger partial charge in [0.2, 0.25) is 0 Å². The van der Waals surface area contributed by atoms with Crippen molar-refractivity contribution in [2.24, 2.45) is 5.41 Å². The van der Waals surface area contributed by atoms with Crippen LogP contribution < -0.4 is 0 Å². The van der Waals surface area contributed by atoms with Crippen molar-refractivity contribution in [3.05, 3.63) is 11.6 Å². The molecule has 0 aromatic rings. The summed E-state index contributed by atoms with van der Waals surface area (Å²) in [7, 11) is 0. The van der Waals surface area contributed by atoms with Crippen LogP contribution in [0.2, 0.25) is 0 Å². The molecular weight excluding hydrogens is 202 g/mol. The molecule has 0 aromatic heterocycles. The fourth-order valence-corrected chi connectivity index (χ4v) is 2.59. The molecule has 1 aliphatic carbocycles. The predicted octanol–water partition coefficient (Wildman–Crippen LogP) is 2.96. The second-order valence-electron chi connectivity index (χ2n) is 6.27. The summed E-state index contributed by atoms with van der Waals surface area (Å²) in [5.41, 5.74) is 1.42. The summed E-state index contributed by atoms with van der Waals surface area (Å²) in [6.45, 7) is 9.60. The van der Waals surface area contributed by atoms with Crippen LogP contribution in [0, 0.1) is 5.41 Å². The monoisotopic (exact) mass is 223 g/mol. The number of rotatable bonds is 0. The standard InChI is InChI=1S/C13H21NO2/c1-10-5-6-13(7-10)8-14(9-13)11(15)16-12(2,3)4/h5H,6-9H2,1-4H3. The summed E-state index contributed by atoms with van der Waals surface area (Å²) < 4.78 is 5.34. The molecule has 0 aromatic carbocycles. The maximum atomic E-state index is 11.7. The Morgan fingerprint density at radius 3 is 2.50 bits per heavy atom. The summed E-state index contributed by atoms with van der Waals surface area (Å²) in [4.78, 5) is 13.6. The highest BCUT2D eigenvalue weighted by atomic mass is 16.6. The Balaban J connectivity index is 1.83. The van der Waals surface area contributed by atoms with E-state index >= 15 is 0 Å². The van der Waals surface area contributed by atoms with Crippen molar-refractivity contribution in [1.82, 2.24) is 4.90 Å². The van der Waals surface area contributed by atoms with E-state index in [1.54, 1.807) is 0 Å². The van der Waals surface area contributed by atoms with Crippen LogP contribution in [0.5, 0.6) is 0 Å². The van der Waals surface area contributed by atoms with Gasteiger partial charge in [-0.1, -0.05) is 11.6 Å². The van der Waals surface area contributed by atoms with Crippen molar-refractivity contribution in [3.63, 3.8) is 0 Å². The largest absolute Gasteiger partial charge is 0.444 e. The Morgan fingerprint density at radius 1 is 1.44 bits per heavy atom. The van der Waals surface area contributed by atoms with E-state index in [2.05, 4.69) is 13.0 Å². The van der Waals surface area contributed by atoms with E-state index in [4.69, 9.17) is 4.74 Å². The number of likely N-dealkylation sites (tertiary alicyclic amines) is 1. The number of nitrogens with zero attached hydrogens (tertiary/aromatic N) is 1. The summed E-state index contributed by atoms with van der Waals surface area (Å²) >= 11 is 0. The zero-order valence-electron chi connectivity index (χ0n) is 10.7. The van der Waals surface area contributed by atoms with E-state index in [9.17, 15) is 4.79 Å². The first kappa shape index (κ1) is 11.5. The lowest BCUT2D eigenvalue weighted by Gasteiger charge is -2.48. The van der Waals surface area contributed by atoms with E-state index in [0.29, 0.717) is 5.41 Å². The second kappa shape index (κ2) is 3.51. The Bertz CT molecular complexity index is 332. The molecule has 90 valence electrons. The summed E-state index contributed by atoms with van der Waals surface area (Å²) in [5.74, 6) is 0. The first-order chi connectivity index (χ1) is 7.30. The molecule has 0 bridgehead atoms. The molecular formula is C13H21NO2. The van der Waals surface area contributed by atoms with Crippen LogP contribution in [0.3, 0.4) is 0 Å². The fraction of sp³-hybridized carbons (Fsp3) is 0.769. The first-order valence-electron chi connectivity index (χ1n) is 5.93. The van der Waals surface area contributed by atoms with Gasteiger partial charge in [0.15, 0.2) is 0 Å². The topological polar surface area (TPSA) is 29.5 Å². The lowest BCUT2D eigenvalue weighted by Crippen LogP contribution is -2.58. The smallest absolute Gasteiger partial charge is 0.410 e. The maximum Gasteiger partial charge on any atom is 0.410 e. The molecule has 3 nitrogen and oxygen atoms in total. The van der Waals surface area contributed by atoms with Gasteiger partial charge < -0.3 is 9.64 Å². The fourth-order valence-electron chi connectivity index (χ4n) is 2.59. The van der Waals surface area contributed by atoms with Crippen LogP contribution in [0.25, 0.3) is 0 Å². The van der Waals surface area contributed by atoms with Gasteiger partial charge in [0.05, 0.1) is 0 Å². The Morgan fingerprint density at radius 2 is 2.06 bits per heavy atom. The van der Waals surface area contributed by atoms with E-state index in [1.807, 2.05) is 25.7 Å². The van der Waals surface area contributed by atoms with E-state index in [1.165, 1.54) is 5.57 Å². The highest BCUT2D eigenvalue weighted by molar-refractivity contribution is 5.69. The van der Waals surface area contributed by atoms with Crippen molar-refractivity contribution < 1.29 is 9.53 Å². The number of carbonyl (C=O) groups excluding carboxylic acids is 1. The molecule has 0 unspecified atom stereocenters. The molecule has 1 aliphatic heterocycles. The average Bonchev–Trinajstić information content (AvgIpc) is 2.41. The van der Waals surface area contributed by atoms with E-state index < -0.39 is 0 Å². The Labute approximate surface area is 97.5 Å². The van der Waals surface area contributed by atoms with Crippen molar-refractivity contribution in [2.75, 3.05) is 13.1 Å². The Kier molecular flexibility index (Phi) is 2.52. The predicted molar refractivity (Wildman–Crippen MR) is 63.2 cm³/mol. The summed E-state index contributed by atoms with van der Waals surface area (Å²) in [6.07, 6.45) is 4.40. The molecule has 3 heteroatoms. The minimum Gasteiger partial charge on any atom is -0.444 e. The molecule has 1 amide bonds. The van der Waals surface area contributed by atoms with Gasteiger partial charge in [-0.05, 0) is 40.5 Å². The van der Waals surface area contributed by atoms with Gasteiger partial charge in [0, 0.05) is 18.5 Å². The zero-order valence-corrected chi connectivity index (χ0v) is 10.7. The number of amides is 1. The van der Waals surface area contributed by atoms with Gasteiger partial charge >= 0.3 is 6.09 Å². The maximum absolute atomic E-state index is 11.7. The number of carbonyl (C=O) groups is 1. The normalized spacial score (nSPS) is 23.0. The van der Waals surface area contributed by atoms with Crippen LogP contribution in [0.1, 0.15) is 40.5 Å². The molecule has 1 fully saturated rings. The van der Waals surface area contributed by atoms with Crippen LogP contribution in [-0.4, -0.2) is 29.7 Å². The number of hydrogen-bond acceptors (Lipinski definition) is 2. The molecule has 16 heavy (non-hydrogen) atoms. The van der Waals surface area contributed by atoms with Gasteiger partial charge in [-0.15, -0.1) is 0 Å². The van der Waals surface area contributed by atoms with Crippen LogP contribution >= 0.6 is 0 Å². The van der Waals surface area contributed by atoms with Crippen LogP contribution in [-0.2, 0) is 4.74 Å². The molecule has 0 saturated carbocycles. The minimum atomic E-state index is -0.385. The third kappa shape index (κ3) is 2.23.